The third-order valence-electron chi connectivity index (χ3n) is 11.6. The topological polar surface area (TPSA) is 107 Å². The molecule has 0 unspecified atom stereocenters. The Morgan fingerprint density at radius 3 is 1.15 bits per heavy atom. The van der Waals surface area contributed by atoms with E-state index in [9.17, 15) is 0 Å². The maximum Gasteiger partial charge on any atom is 0.224 e. The van der Waals surface area contributed by atoms with Crippen molar-refractivity contribution < 1.29 is 28.4 Å². The molecule has 5 aliphatic rings. The van der Waals surface area contributed by atoms with Crippen LogP contribution in [0.2, 0.25) is 10.3 Å². The summed E-state index contributed by atoms with van der Waals surface area (Å²) in [7, 11) is 6.54. The number of benzene rings is 2. The predicted octanol–water partition coefficient (Wildman–Crippen LogP) is 10.7. The highest BCUT2D eigenvalue weighted by atomic mass is 35.5. The molecule has 2 aromatic carbocycles. The SMILES string of the molecule is C1CCCCCC1.COc1cc(C23CC4CC(C2)CC(c2cc(OC)c(Oc5cc(Cl)ncn5)c(OC)c2)(C4)C3)cc(OC)c1Oc1cc(Cl)ncn1. The zero-order chi connectivity index (χ0) is 37.0. The molecule has 0 N–H and O–H groups in total. The first-order valence-corrected chi connectivity index (χ1v) is 19.4. The van der Waals surface area contributed by atoms with Crippen LogP contribution in [-0.4, -0.2) is 48.4 Å². The van der Waals surface area contributed by atoms with E-state index < -0.39 is 0 Å². The van der Waals surface area contributed by atoms with E-state index in [4.69, 9.17) is 51.6 Å². The van der Waals surface area contributed by atoms with Gasteiger partial charge in [0.25, 0.3) is 0 Å². The van der Waals surface area contributed by atoms with Gasteiger partial charge in [0.2, 0.25) is 23.3 Å². The molecule has 0 aliphatic heterocycles. The number of aromatic nitrogens is 4. The van der Waals surface area contributed by atoms with Crippen LogP contribution in [0.15, 0.2) is 49.1 Å². The van der Waals surface area contributed by atoms with Gasteiger partial charge < -0.3 is 28.4 Å². The summed E-state index contributed by atoms with van der Waals surface area (Å²) in [5, 5.41) is 0.564. The average molecular weight is 764 g/mol. The molecule has 5 aliphatic carbocycles. The van der Waals surface area contributed by atoms with Gasteiger partial charge in [0, 0.05) is 12.1 Å². The lowest BCUT2D eigenvalue weighted by atomic mass is 9.41. The standard InChI is InChI=1S/C34H34Cl2N4O6.C7H14/c1-41-23-6-21(7-24(42-2)31(23)45-29-10-27(35)37-17-39-29)33-12-19-5-20(13-33)15-34(14-19,16-33)22-8-25(43-3)32(26(9-22)44-4)46-30-11-28(36)38-18-40-30;1-2-4-6-7-5-3-1/h6-11,17-20H,5,12-16H2,1-4H3;1-7H2. The van der Waals surface area contributed by atoms with E-state index in [2.05, 4.69) is 44.2 Å². The summed E-state index contributed by atoms with van der Waals surface area (Å²) in [5.41, 5.74) is 2.23. The minimum absolute atomic E-state index is 0.0747. The number of rotatable bonds is 10. The summed E-state index contributed by atoms with van der Waals surface area (Å²) in [5.74, 6) is 4.93. The number of halogens is 2. The lowest BCUT2D eigenvalue weighted by Gasteiger charge is -2.62. The third-order valence-corrected chi connectivity index (χ3v) is 12.0. The lowest BCUT2D eigenvalue weighted by molar-refractivity contribution is -0.0284. The van der Waals surface area contributed by atoms with Crippen molar-refractivity contribution in [1.29, 1.82) is 0 Å². The fraction of sp³-hybridized carbons (Fsp3) is 0.512. The van der Waals surface area contributed by atoms with Gasteiger partial charge in [-0.1, -0.05) is 68.1 Å². The van der Waals surface area contributed by atoms with Gasteiger partial charge in [-0.25, -0.2) is 19.9 Å². The second kappa shape index (κ2) is 16.1. The van der Waals surface area contributed by atoms with Crippen molar-refractivity contribution in [3.05, 3.63) is 70.5 Å². The normalized spacial score (nSPS) is 24.3. The van der Waals surface area contributed by atoms with Gasteiger partial charge in [-0.2, -0.15) is 0 Å². The highest BCUT2D eigenvalue weighted by Crippen LogP contribution is 2.67. The van der Waals surface area contributed by atoms with Crippen LogP contribution in [0, 0.1) is 11.8 Å². The molecule has 10 nitrogen and oxygen atoms in total. The Hall–Kier alpha value is -4.02. The van der Waals surface area contributed by atoms with Crippen molar-refractivity contribution in [2.75, 3.05) is 28.4 Å². The number of ether oxygens (including phenoxy) is 6. The van der Waals surface area contributed by atoms with E-state index >= 15 is 0 Å². The summed E-state index contributed by atoms with van der Waals surface area (Å²) in [6, 6.07) is 11.5. The lowest BCUT2D eigenvalue weighted by Crippen LogP contribution is -2.55. The summed E-state index contributed by atoms with van der Waals surface area (Å²) in [6.45, 7) is 0. The van der Waals surface area contributed by atoms with E-state index in [0.717, 1.165) is 32.1 Å². The molecule has 282 valence electrons. The van der Waals surface area contributed by atoms with Gasteiger partial charge in [-0.3, -0.25) is 0 Å². The van der Waals surface area contributed by atoms with E-state index in [1.165, 1.54) is 75.1 Å². The molecular weight excluding hydrogens is 715 g/mol. The van der Waals surface area contributed by atoms with Crippen molar-refractivity contribution in [2.45, 2.75) is 94.3 Å². The van der Waals surface area contributed by atoms with Crippen molar-refractivity contribution >= 4 is 23.2 Å². The molecule has 0 spiro atoms. The summed E-state index contributed by atoms with van der Waals surface area (Å²) < 4.78 is 35.8. The highest BCUT2D eigenvalue weighted by Gasteiger charge is 2.59. The Morgan fingerprint density at radius 2 is 0.849 bits per heavy atom. The first-order valence-electron chi connectivity index (χ1n) is 18.6. The highest BCUT2D eigenvalue weighted by molar-refractivity contribution is 6.29. The van der Waals surface area contributed by atoms with Gasteiger partial charge in [0.15, 0.2) is 23.0 Å². The quantitative estimate of drug-likeness (QED) is 0.114. The van der Waals surface area contributed by atoms with Crippen LogP contribution < -0.4 is 28.4 Å². The number of hydrogen-bond donors (Lipinski definition) is 0. The molecule has 0 amide bonds. The molecule has 4 aromatic rings. The summed E-state index contributed by atoms with van der Waals surface area (Å²) in [6.07, 6.45) is 19.8. The van der Waals surface area contributed by atoms with Crippen molar-refractivity contribution in [2.24, 2.45) is 11.8 Å². The minimum atomic E-state index is -0.0747. The smallest absolute Gasteiger partial charge is 0.224 e. The van der Waals surface area contributed by atoms with Crippen LogP contribution in [0.4, 0.5) is 0 Å². The molecule has 2 aromatic heterocycles. The maximum absolute atomic E-state index is 6.14. The zero-order valence-electron chi connectivity index (χ0n) is 31.0. The van der Waals surface area contributed by atoms with Gasteiger partial charge in [0.1, 0.15) is 23.0 Å². The molecule has 53 heavy (non-hydrogen) atoms. The van der Waals surface area contributed by atoms with Crippen LogP contribution in [-0.2, 0) is 10.8 Å². The molecule has 0 saturated heterocycles. The molecule has 2 heterocycles. The third kappa shape index (κ3) is 7.95. The van der Waals surface area contributed by atoms with Crippen LogP contribution in [0.1, 0.15) is 94.6 Å². The molecule has 5 fully saturated rings. The maximum atomic E-state index is 6.14. The van der Waals surface area contributed by atoms with Crippen LogP contribution in [0.5, 0.6) is 46.3 Å². The Bertz CT molecular complexity index is 1700. The van der Waals surface area contributed by atoms with Crippen molar-refractivity contribution in [3.8, 4) is 46.3 Å². The molecule has 9 rings (SSSR count). The van der Waals surface area contributed by atoms with E-state index in [1.807, 2.05) is 0 Å². The zero-order valence-corrected chi connectivity index (χ0v) is 32.5. The van der Waals surface area contributed by atoms with Gasteiger partial charge in [-0.15, -0.1) is 0 Å². The monoisotopic (exact) mass is 762 g/mol. The minimum Gasteiger partial charge on any atom is -0.493 e. The van der Waals surface area contributed by atoms with Gasteiger partial charge in [-0.05, 0) is 96.6 Å². The Balaban J connectivity index is 0.000000559. The van der Waals surface area contributed by atoms with Gasteiger partial charge in [0.05, 0.1) is 28.4 Å². The van der Waals surface area contributed by atoms with Crippen LogP contribution in [0.25, 0.3) is 0 Å². The molecule has 5 saturated carbocycles. The second-order valence-electron chi connectivity index (χ2n) is 15.0. The summed E-state index contributed by atoms with van der Waals surface area (Å²) in [4.78, 5) is 16.3. The molecule has 0 atom stereocenters. The first kappa shape index (κ1) is 37.3. The number of methoxy groups -OCH3 is 4. The molecular formula is C41H48Cl2N4O6. The van der Waals surface area contributed by atoms with Crippen molar-refractivity contribution in [3.63, 3.8) is 0 Å². The molecule has 4 bridgehead atoms. The van der Waals surface area contributed by atoms with E-state index in [1.54, 1.807) is 40.6 Å². The molecule has 0 radical (unpaired) electrons. The van der Waals surface area contributed by atoms with Gasteiger partial charge >= 0.3 is 0 Å². The summed E-state index contributed by atoms with van der Waals surface area (Å²) >= 11 is 12.2. The second-order valence-corrected chi connectivity index (χ2v) is 15.8. The number of hydrogen-bond acceptors (Lipinski definition) is 10. The van der Waals surface area contributed by atoms with E-state index in [-0.39, 0.29) is 21.1 Å². The van der Waals surface area contributed by atoms with Crippen molar-refractivity contribution in [1.82, 2.24) is 19.9 Å². The average Bonchev–Trinajstić information content (AvgIpc) is 3.48. The number of nitrogens with zero attached hydrogens (tertiary/aromatic N) is 4. The largest absolute Gasteiger partial charge is 0.493 e. The fourth-order valence-electron chi connectivity index (χ4n) is 9.70. The Morgan fingerprint density at radius 1 is 0.509 bits per heavy atom. The van der Waals surface area contributed by atoms with E-state index in [0.29, 0.717) is 58.1 Å². The van der Waals surface area contributed by atoms with Crippen LogP contribution >= 0.6 is 23.2 Å². The first-order chi connectivity index (χ1) is 25.8. The predicted molar refractivity (Wildman–Crippen MR) is 204 cm³/mol. The Kier molecular flexibility index (Phi) is 11.4. The Labute approximate surface area is 321 Å². The fourth-order valence-corrected chi connectivity index (χ4v) is 9.98. The van der Waals surface area contributed by atoms with Crippen LogP contribution in [0.3, 0.4) is 0 Å². The molecule has 12 heteroatoms.